The number of likely N-dealkylation sites (tertiary alicyclic amines) is 1. The molecular weight excluding hydrogens is 378 g/mol. The molecule has 1 unspecified atom stereocenters. The molecule has 1 aliphatic heterocycles. The number of benzene rings is 1. The van der Waals surface area contributed by atoms with Crippen molar-refractivity contribution < 1.29 is 9.59 Å². The molecule has 1 fully saturated rings. The molecule has 0 spiro atoms. The van der Waals surface area contributed by atoms with Gasteiger partial charge in [-0.05, 0) is 49.3 Å². The zero-order chi connectivity index (χ0) is 21.7. The second kappa shape index (κ2) is 9.74. The van der Waals surface area contributed by atoms with Crippen molar-refractivity contribution in [3.05, 3.63) is 69.6 Å². The van der Waals surface area contributed by atoms with Crippen molar-refractivity contribution in [2.24, 2.45) is 0 Å². The van der Waals surface area contributed by atoms with E-state index in [-0.39, 0.29) is 30.0 Å². The minimum absolute atomic E-state index is 0.0355. The van der Waals surface area contributed by atoms with E-state index in [1.54, 1.807) is 4.90 Å². The molecule has 0 saturated carbocycles. The molecule has 3 rings (SSSR count). The number of carbonyl (C=O) groups is 2. The molecule has 1 N–H and O–H groups in total. The van der Waals surface area contributed by atoms with Crippen LogP contribution in [0.1, 0.15) is 73.5 Å². The van der Waals surface area contributed by atoms with Gasteiger partial charge in [-0.1, -0.05) is 38.1 Å². The Morgan fingerprint density at radius 2 is 1.57 bits per heavy atom. The smallest absolute Gasteiger partial charge is 0.253 e. The number of aromatic nitrogens is 1. The van der Waals surface area contributed by atoms with Crippen LogP contribution in [-0.4, -0.2) is 34.4 Å². The number of hydrogen-bond donors (Lipinski definition) is 1. The highest BCUT2D eigenvalue weighted by Crippen LogP contribution is 2.19. The molecule has 160 valence electrons. The molecule has 30 heavy (non-hydrogen) atoms. The Labute approximate surface area is 177 Å². The Balaban J connectivity index is 1.67. The number of hydrogen-bond acceptors (Lipinski definition) is 3. The van der Waals surface area contributed by atoms with Crippen molar-refractivity contribution in [2.45, 2.75) is 58.5 Å². The maximum atomic E-state index is 12.7. The second-order valence-electron chi connectivity index (χ2n) is 8.34. The number of nitrogens with one attached hydrogen (secondary N) is 1. The van der Waals surface area contributed by atoms with E-state index in [4.69, 9.17) is 0 Å². The predicted octanol–water partition coefficient (Wildman–Crippen LogP) is 3.48. The monoisotopic (exact) mass is 409 g/mol. The highest BCUT2D eigenvalue weighted by atomic mass is 16.2. The largest absolute Gasteiger partial charge is 0.345 e. The highest BCUT2D eigenvalue weighted by molar-refractivity contribution is 5.94. The lowest BCUT2D eigenvalue weighted by Gasteiger charge is -2.27. The van der Waals surface area contributed by atoms with E-state index in [2.05, 4.69) is 31.3 Å². The lowest BCUT2D eigenvalue weighted by Crippen LogP contribution is -2.39. The number of carbonyl (C=O) groups excluding carboxylic acids is 2. The molecule has 0 radical (unpaired) electrons. The third kappa shape index (κ3) is 5.38. The maximum absolute atomic E-state index is 12.7. The van der Waals surface area contributed by atoms with Gasteiger partial charge in [0.15, 0.2) is 0 Å². The first kappa shape index (κ1) is 21.8. The van der Waals surface area contributed by atoms with Crippen LogP contribution in [0, 0.1) is 0 Å². The minimum Gasteiger partial charge on any atom is -0.345 e. The quantitative estimate of drug-likeness (QED) is 0.794. The molecule has 2 aromatic rings. The van der Waals surface area contributed by atoms with Gasteiger partial charge in [0, 0.05) is 25.4 Å². The zero-order valence-electron chi connectivity index (χ0n) is 18.1. The summed E-state index contributed by atoms with van der Waals surface area (Å²) in [5.41, 5.74) is 2.35. The van der Waals surface area contributed by atoms with Crippen molar-refractivity contribution in [2.75, 3.05) is 13.1 Å². The maximum Gasteiger partial charge on any atom is 0.253 e. The number of nitrogens with zero attached hydrogens (tertiary/aromatic N) is 2. The average Bonchev–Trinajstić information content (AvgIpc) is 2.75. The van der Waals surface area contributed by atoms with E-state index < -0.39 is 0 Å². The summed E-state index contributed by atoms with van der Waals surface area (Å²) in [5, 5.41) is 2.97. The SMILES string of the molecule is CC(C)c1ccc(C(C)NC(=O)c2ccc(=O)n(CC(=O)N3CCCCC3)c2)cc1. The molecule has 2 amide bonds. The van der Waals surface area contributed by atoms with Crippen molar-refractivity contribution >= 4 is 11.8 Å². The zero-order valence-corrected chi connectivity index (χ0v) is 18.1. The van der Waals surface area contributed by atoms with E-state index >= 15 is 0 Å². The Bertz CT molecular complexity index is 941. The van der Waals surface area contributed by atoms with Crippen LogP contribution >= 0.6 is 0 Å². The molecule has 1 aromatic carbocycles. The normalized spacial score (nSPS) is 15.1. The lowest BCUT2D eigenvalue weighted by molar-refractivity contribution is -0.132. The number of amides is 2. The molecule has 2 heterocycles. The molecule has 0 bridgehead atoms. The summed E-state index contributed by atoms with van der Waals surface area (Å²) in [6.07, 6.45) is 4.62. The summed E-state index contributed by atoms with van der Waals surface area (Å²) >= 11 is 0. The molecule has 6 nitrogen and oxygen atoms in total. The first-order valence-corrected chi connectivity index (χ1v) is 10.7. The number of piperidine rings is 1. The van der Waals surface area contributed by atoms with Gasteiger partial charge in [-0.3, -0.25) is 14.4 Å². The first-order chi connectivity index (χ1) is 14.3. The lowest BCUT2D eigenvalue weighted by atomic mass is 9.99. The van der Waals surface area contributed by atoms with E-state index in [1.807, 2.05) is 19.1 Å². The van der Waals surface area contributed by atoms with Crippen LogP contribution in [0.2, 0.25) is 0 Å². The minimum atomic E-state index is -0.283. The van der Waals surface area contributed by atoms with Gasteiger partial charge in [0.2, 0.25) is 5.91 Å². The fourth-order valence-corrected chi connectivity index (χ4v) is 3.71. The van der Waals surface area contributed by atoms with Gasteiger partial charge in [-0.15, -0.1) is 0 Å². The van der Waals surface area contributed by atoms with E-state index in [1.165, 1.54) is 28.5 Å². The van der Waals surface area contributed by atoms with Crippen molar-refractivity contribution in [1.29, 1.82) is 0 Å². The van der Waals surface area contributed by atoms with Gasteiger partial charge < -0.3 is 14.8 Å². The molecule has 6 heteroatoms. The van der Waals surface area contributed by atoms with E-state index in [0.717, 1.165) is 37.9 Å². The van der Waals surface area contributed by atoms with Gasteiger partial charge in [-0.25, -0.2) is 0 Å². The number of rotatable bonds is 6. The molecule has 1 aliphatic rings. The van der Waals surface area contributed by atoms with Gasteiger partial charge >= 0.3 is 0 Å². The predicted molar refractivity (Wildman–Crippen MR) is 118 cm³/mol. The average molecular weight is 410 g/mol. The van der Waals surface area contributed by atoms with E-state index in [9.17, 15) is 14.4 Å². The second-order valence-corrected chi connectivity index (χ2v) is 8.34. The Hall–Kier alpha value is -2.89. The number of pyridine rings is 1. The summed E-state index contributed by atoms with van der Waals surface area (Å²) in [7, 11) is 0. The van der Waals surface area contributed by atoms with Crippen LogP contribution in [-0.2, 0) is 11.3 Å². The summed E-state index contributed by atoms with van der Waals surface area (Å²) < 4.78 is 1.33. The van der Waals surface area contributed by atoms with Gasteiger partial charge in [0.05, 0.1) is 11.6 Å². The van der Waals surface area contributed by atoms with Gasteiger partial charge in [0.25, 0.3) is 11.5 Å². The Kier molecular flexibility index (Phi) is 7.08. The molecule has 1 aromatic heterocycles. The molecular formula is C24H31N3O3. The van der Waals surface area contributed by atoms with Gasteiger partial charge in [0.1, 0.15) is 6.54 Å². The van der Waals surface area contributed by atoms with Crippen LogP contribution in [0.3, 0.4) is 0 Å². The van der Waals surface area contributed by atoms with Crippen LogP contribution in [0.25, 0.3) is 0 Å². The Morgan fingerprint density at radius 1 is 0.933 bits per heavy atom. The third-order valence-electron chi connectivity index (χ3n) is 5.71. The fourth-order valence-electron chi connectivity index (χ4n) is 3.71. The first-order valence-electron chi connectivity index (χ1n) is 10.7. The Morgan fingerprint density at radius 3 is 2.20 bits per heavy atom. The fraction of sp³-hybridized carbons (Fsp3) is 0.458. The van der Waals surface area contributed by atoms with Crippen LogP contribution in [0.5, 0.6) is 0 Å². The van der Waals surface area contributed by atoms with E-state index in [0.29, 0.717) is 11.5 Å². The van der Waals surface area contributed by atoms with Crippen molar-refractivity contribution in [1.82, 2.24) is 14.8 Å². The van der Waals surface area contributed by atoms with Crippen molar-refractivity contribution in [3.8, 4) is 0 Å². The molecule has 1 saturated heterocycles. The van der Waals surface area contributed by atoms with Crippen molar-refractivity contribution in [3.63, 3.8) is 0 Å². The molecule has 0 aliphatic carbocycles. The topological polar surface area (TPSA) is 71.4 Å². The summed E-state index contributed by atoms with van der Waals surface area (Å²) in [4.78, 5) is 39.2. The van der Waals surface area contributed by atoms with Gasteiger partial charge in [-0.2, -0.15) is 0 Å². The highest BCUT2D eigenvalue weighted by Gasteiger charge is 2.18. The molecule has 1 atom stereocenters. The summed E-state index contributed by atoms with van der Waals surface area (Å²) in [5.74, 6) is 0.111. The standard InChI is InChI=1S/C24H31N3O3/c1-17(2)19-7-9-20(10-8-19)18(3)25-24(30)21-11-12-22(28)27(15-21)16-23(29)26-13-5-4-6-14-26/h7-12,15,17-18H,4-6,13-14,16H2,1-3H3,(H,25,30). The summed E-state index contributed by atoms with van der Waals surface area (Å²) in [6.45, 7) is 7.66. The van der Waals surface area contributed by atoms with Crippen LogP contribution in [0.15, 0.2) is 47.4 Å². The summed E-state index contributed by atoms with van der Waals surface area (Å²) in [6, 6.07) is 10.9. The van der Waals surface area contributed by atoms with Crippen LogP contribution in [0.4, 0.5) is 0 Å². The third-order valence-corrected chi connectivity index (χ3v) is 5.71. The van der Waals surface area contributed by atoms with Crippen LogP contribution < -0.4 is 10.9 Å².